The summed E-state index contributed by atoms with van der Waals surface area (Å²) < 4.78 is 0. The van der Waals surface area contributed by atoms with E-state index in [1.54, 1.807) is 6.08 Å². The number of aliphatic hydroxyl groups excluding tert-OH is 1. The molecule has 1 aromatic rings. The number of hydrogen-bond acceptors (Lipinski definition) is 1. The first-order chi connectivity index (χ1) is 6.88. The van der Waals surface area contributed by atoms with E-state index in [2.05, 4.69) is 0 Å². The predicted octanol–water partition coefficient (Wildman–Crippen LogP) is 3.47. The van der Waals surface area contributed by atoms with E-state index in [0.29, 0.717) is 5.76 Å². The molecule has 0 spiro atoms. The van der Waals surface area contributed by atoms with Crippen LogP contribution in [0.4, 0.5) is 0 Å². The third-order valence-electron chi connectivity index (χ3n) is 2.21. The van der Waals surface area contributed by atoms with Crippen LogP contribution in [0.2, 0.25) is 0 Å². The van der Waals surface area contributed by atoms with Crippen LogP contribution in [0, 0.1) is 0 Å². The molecule has 1 N–H and O–H groups in total. The van der Waals surface area contributed by atoms with Gasteiger partial charge in [-0.1, -0.05) is 48.6 Å². The van der Waals surface area contributed by atoms with Gasteiger partial charge in [-0.05, 0) is 18.1 Å². The van der Waals surface area contributed by atoms with Crippen LogP contribution in [-0.2, 0) is 0 Å². The van der Waals surface area contributed by atoms with Crippen LogP contribution in [0.3, 0.4) is 0 Å². The van der Waals surface area contributed by atoms with E-state index in [4.69, 9.17) is 0 Å². The maximum Gasteiger partial charge on any atom is 0.123 e. The molecule has 2 rings (SSSR count). The van der Waals surface area contributed by atoms with Gasteiger partial charge in [-0.15, -0.1) is 0 Å². The molecule has 0 saturated heterocycles. The Kier molecular flexibility index (Phi) is 2.50. The Labute approximate surface area is 83.7 Å². The van der Waals surface area contributed by atoms with Gasteiger partial charge in [0.05, 0.1) is 0 Å². The van der Waals surface area contributed by atoms with Crippen LogP contribution in [-0.4, -0.2) is 5.11 Å². The molecular formula is C13H12O. The zero-order valence-corrected chi connectivity index (χ0v) is 7.85. The molecule has 1 nitrogen and oxygen atoms in total. The molecule has 0 fully saturated rings. The first-order valence-corrected chi connectivity index (χ1v) is 4.69. The van der Waals surface area contributed by atoms with Gasteiger partial charge in [-0.2, -0.15) is 0 Å². The van der Waals surface area contributed by atoms with Crippen molar-refractivity contribution in [1.29, 1.82) is 0 Å². The van der Waals surface area contributed by atoms with Crippen molar-refractivity contribution in [2.45, 2.75) is 6.42 Å². The monoisotopic (exact) mass is 184 g/mol. The average molecular weight is 184 g/mol. The maximum atomic E-state index is 9.74. The Morgan fingerprint density at radius 2 is 1.86 bits per heavy atom. The zero-order valence-electron chi connectivity index (χ0n) is 7.85. The summed E-state index contributed by atoms with van der Waals surface area (Å²) in [6, 6.07) is 9.92. The third kappa shape index (κ3) is 1.77. The highest BCUT2D eigenvalue weighted by Crippen LogP contribution is 2.23. The van der Waals surface area contributed by atoms with E-state index >= 15 is 0 Å². The molecular weight excluding hydrogens is 172 g/mol. The molecule has 0 unspecified atom stereocenters. The summed E-state index contributed by atoms with van der Waals surface area (Å²) in [5.74, 6) is 0.338. The molecule has 70 valence electrons. The summed E-state index contributed by atoms with van der Waals surface area (Å²) in [5, 5.41) is 9.74. The van der Waals surface area contributed by atoms with E-state index in [0.717, 1.165) is 17.6 Å². The van der Waals surface area contributed by atoms with E-state index in [1.165, 1.54) is 0 Å². The first-order valence-electron chi connectivity index (χ1n) is 4.69. The Morgan fingerprint density at radius 3 is 2.64 bits per heavy atom. The molecule has 1 aromatic carbocycles. The van der Waals surface area contributed by atoms with Gasteiger partial charge in [-0.3, -0.25) is 0 Å². The molecule has 1 aliphatic rings. The van der Waals surface area contributed by atoms with Gasteiger partial charge < -0.3 is 5.11 Å². The normalized spacial score (nSPS) is 15.7. The summed E-state index contributed by atoms with van der Waals surface area (Å²) in [5.41, 5.74) is 1.97. The van der Waals surface area contributed by atoms with Crippen molar-refractivity contribution < 1.29 is 5.11 Å². The highest BCUT2D eigenvalue weighted by atomic mass is 16.3. The summed E-state index contributed by atoms with van der Waals surface area (Å²) in [4.78, 5) is 0. The van der Waals surface area contributed by atoms with Crippen molar-refractivity contribution in [3.63, 3.8) is 0 Å². The van der Waals surface area contributed by atoms with Crippen molar-refractivity contribution in [3.8, 4) is 0 Å². The predicted molar refractivity (Wildman–Crippen MR) is 58.9 cm³/mol. The quantitative estimate of drug-likeness (QED) is 0.708. The molecule has 1 heteroatoms. The van der Waals surface area contributed by atoms with Crippen molar-refractivity contribution in [1.82, 2.24) is 0 Å². The molecule has 0 bridgehead atoms. The lowest BCUT2D eigenvalue weighted by Crippen LogP contribution is -1.87. The van der Waals surface area contributed by atoms with E-state index in [-0.39, 0.29) is 0 Å². The number of rotatable bonds is 1. The van der Waals surface area contributed by atoms with Crippen LogP contribution >= 0.6 is 0 Å². The fourth-order valence-electron chi connectivity index (χ4n) is 1.50. The van der Waals surface area contributed by atoms with Crippen LogP contribution in [0.25, 0.3) is 5.57 Å². The third-order valence-corrected chi connectivity index (χ3v) is 2.21. The smallest absolute Gasteiger partial charge is 0.123 e. The summed E-state index contributed by atoms with van der Waals surface area (Å²) in [6.07, 6.45) is 8.52. The van der Waals surface area contributed by atoms with Crippen molar-refractivity contribution in [2.75, 3.05) is 0 Å². The van der Waals surface area contributed by atoms with Gasteiger partial charge in [-0.25, -0.2) is 0 Å². The Bertz CT molecular complexity index is 397. The molecule has 0 aromatic heterocycles. The van der Waals surface area contributed by atoms with Crippen LogP contribution < -0.4 is 0 Å². The summed E-state index contributed by atoms with van der Waals surface area (Å²) >= 11 is 0. The van der Waals surface area contributed by atoms with Crippen molar-refractivity contribution in [3.05, 3.63) is 66.0 Å². The van der Waals surface area contributed by atoms with Gasteiger partial charge >= 0.3 is 0 Å². The summed E-state index contributed by atoms with van der Waals surface area (Å²) in [7, 11) is 0. The van der Waals surface area contributed by atoms with Gasteiger partial charge in [0.15, 0.2) is 0 Å². The van der Waals surface area contributed by atoms with Gasteiger partial charge in [0.2, 0.25) is 0 Å². The van der Waals surface area contributed by atoms with Gasteiger partial charge in [0.1, 0.15) is 5.76 Å². The molecule has 0 heterocycles. The van der Waals surface area contributed by atoms with Crippen LogP contribution in [0.1, 0.15) is 12.0 Å². The molecule has 0 saturated carbocycles. The second-order valence-electron chi connectivity index (χ2n) is 3.20. The molecule has 0 atom stereocenters. The van der Waals surface area contributed by atoms with Crippen LogP contribution in [0.5, 0.6) is 0 Å². The van der Waals surface area contributed by atoms with Crippen LogP contribution in [0.15, 0.2) is 60.4 Å². The minimum absolute atomic E-state index is 0.338. The Hall–Kier alpha value is -1.76. The number of hydrogen-bond donors (Lipinski definition) is 1. The van der Waals surface area contributed by atoms with Crippen molar-refractivity contribution >= 4 is 5.57 Å². The summed E-state index contributed by atoms with van der Waals surface area (Å²) in [6.45, 7) is 0. The minimum atomic E-state index is 0.338. The minimum Gasteiger partial charge on any atom is -0.507 e. The standard InChI is InChI=1S/C13H12O/c14-13-10-6-2-5-9-12(13)11-7-3-1-4-8-11/h1-4,6-10,14H,5H2. The van der Waals surface area contributed by atoms with E-state index in [1.807, 2.05) is 48.6 Å². The molecule has 1 aliphatic carbocycles. The van der Waals surface area contributed by atoms with Gasteiger partial charge in [0.25, 0.3) is 0 Å². The van der Waals surface area contributed by atoms with Crippen molar-refractivity contribution in [2.24, 2.45) is 0 Å². The molecule has 14 heavy (non-hydrogen) atoms. The highest BCUT2D eigenvalue weighted by molar-refractivity contribution is 5.77. The SMILES string of the molecule is OC1=CC=CCC=C1c1ccccc1. The maximum absolute atomic E-state index is 9.74. The number of allylic oxidation sites excluding steroid dienone is 5. The lowest BCUT2D eigenvalue weighted by Gasteiger charge is -2.05. The van der Waals surface area contributed by atoms with E-state index in [9.17, 15) is 5.11 Å². The lowest BCUT2D eigenvalue weighted by atomic mass is 10.0. The molecule has 0 radical (unpaired) electrons. The zero-order chi connectivity index (χ0) is 9.80. The molecule has 0 aliphatic heterocycles. The fraction of sp³-hybridized carbons (Fsp3) is 0.0769. The highest BCUT2D eigenvalue weighted by Gasteiger charge is 2.05. The number of benzene rings is 1. The van der Waals surface area contributed by atoms with E-state index < -0.39 is 0 Å². The Balaban J connectivity index is 2.40. The van der Waals surface area contributed by atoms with Gasteiger partial charge in [0, 0.05) is 5.57 Å². The fourth-order valence-corrected chi connectivity index (χ4v) is 1.50. The second kappa shape index (κ2) is 3.97. The largest absolute Gasteiger partial charge is 0.507 e. The second-order valence-corrected chi connectivity index (χ2v) is 3.20. The molecule has 0 amide bonds. The average Bonchev–Trinajstić information content (AvgIpc) is 2.44. The number of aliphatic hydroxyl groups is 1. The first kappa shape index (κ1) is 8.82. The lowest BCUT2D eigenvalue weighted by molar-refractivity contribution is 0.438. The topological polar surface area (TPSA) is 20.2 Å². The Morgan fingerprint density at radius 1 is 1.07 bits per heavy atom.